The fourth-order valence-corrected chi connectivity index (χ4v) is 5.38. The molecule has 0 spiro atoms. The Labute approximate surface area is 201 Å². The fraction of sp³-hybridized carbons (Fsp3) is 0.680. The normalized spacial score (nSPS) is 22.4. The van der Waals surface area contributed by atoms with E-state index in [1.54, 1.807) is 17.0 Å². The SMILES string of the molecule is CC1CCCN(c2ccc(C(=O)N3CCN(CC(=O)N4CCCCCC4)CC3)cc2[N+](=O)[O-])C1. The molecule has 1 atom stereocenters. The summed E-state index contributed by atoms with van der Waals surface area (Å²) in [4.78, 5) is 45.1. The lowest BCUT2D eigenvalue weighted by Gasteiger charge is -2.35. The molecule has 0 saturated carbocycles. The van der Waals surface area contributed by atoms with Crippen LogP contribution in [-0.4, -0.2) is 90.3 Å². The molecule has 9 heteroatoms. The summed E-state index contributed by atoms with van der Waals surface area (Å²) in [5, 5.41) is 11.8. The number of carbonyl (C=O) groups excluding carboxylic acids is 2. The lowest BCUT2D eigenvalue weighted by atomic mass is 9.99. The minimum atomic E-state index is -0.377. The van der Waals surface area contributed by atoms with Gasteiger partial charge in [0.2, 0.25) is 5.91 Å². The second-order valence-electron chi connectivity index (χ2n) is 10.0. The van der Waals surface area contributed by atoms with Crippen molar-refractivity contribution in [2.45, 2.75) is 45.4 Å². The van der Waals surface area contributed by atoms with Gasteiger partial charge in [0.25, 0.3) is 11.6 Å². The molecule has 3 saturated heterocycles. The first-order valence-corrected chi connectivity index (χ1v) is 12.7. The molecule has 1 aromatic rings. The minimum Gasteiger partial charge on any atom is -0.366 e. The Balaban J connectivity index is 1.35. The first kappa shape index (κ1) is 24.4. The number of amides is 2. The number of nitrogens with zero attached hydrogens (tertiary/aromatic N) is 5. The number of nitro groups is 1. The predicted octanol–water partition coefficient (Wildman–Crippen LogP) is 2.99. The van der Waals surface area contributed by atoms with Gasteiger partial charge in [-0.1, -0.05) is 19.8 Å². The highest BCUT2D eigenvalue weighted by Crippen LogP contribution is 2.32. The number of piperazine rings is 1. The van der Waals surface area contributed by atoms with Crippen LogP contribution >= 0.6 is 0 Å². The summed E-state index contributed by atoms with van der Waals surface area (Å²) in [5.74, 6) is 0.497. The third-order valence-electron chi connectivity index (χ3n) is 7.39. The zero-order valence-electron chi connectivity index (χ0n) is 20.3. The first-order valence-electron chi connectivity index (χ1n) is 12.7. The van der Waals surface area contributed by atoms with Crippen LogP contribution < -0.4 is 4.90 Å². The summed E-state index contributed by atoms with van der Waals surface area (Å²) < 4.78 is 0. The molecule has 34 heavy (non-hydrogen) atoms. The van der Waals surface area contributed by atoms with Crippen molar-refractivity contribution >= 4 is 23.2 Å². The van der Waals surface area contributed by atoms with Gasteiger partial charge in [0, 0.05) is 64.0 Å². The van der Waals surface area contributed by atoms with Gasteiger partial charge >= 0.3 is 0 Å². The number of anilines is 1. The number of hydrogen-bond donors (Lipinski definition) is 0. The molecular weight excluding hydrogens is 434 g/mol. The van der Waals surface area contributed by atoms with Gasteiger partial charge < -0.3 is 14.7 Å². The highest BCUT2D eigenvalue weighted by Gasteiger charge is 2.28. The molecule has 0 N–H and O–H groups in total. The second kappa shape index (κ2) is 11.2. The van der Waals surface area contributed by atoms with Crippen LogP contribution in [0.25, 0.3) is 0 Å². The van der Waals surface area contributed by atoms with Crippen LogP contribution in [0.2, 0.25) is 0 Å². The Bertz CT molecular complexity index is 891. The summed E-state index contributed by atoms with van der Waals surface area (Å²) >= 11 is 0. The van der Waals surface area contributed by atoms with Crippen molar-refractivity contribution in [3.8, 4) is 0 Å². The zero-order chi connectivity index (χ0) is 24.1. The molecule has 3 heterocycles. The van der Waals surface area contributed by atoms with Gasteiger partial charge in [-0.05, 0) is 43.7 Å². The molecule has 0 bridgehead atoms. The van der Waals surface area contributed by atoms with Crippen LogP contribution in [0.3, 0.4) is 0 Å². The fourth-order valence-electron chi connectivity index (χ4n) is 5.38. The van der Waals surface area contributed by atoms with E-state index in [9.17, 15) is 19.7 Å². The molecule has 3 aliphatic heterocycles. The predicted molar refractivity (Wildman–Crippen MR) is 131 cm³/mol. The number of nitro benzene ring substituents is 1. The number of carbonyl (C=O) groups is 2. The summed E-state index contributed by atoms with van der Waals surface area (Å²) in [6.45, 7) is 8.17. The maximum atomic E-state index is 13.1. The Kier molecular flexibility index (Phi) is 8.03. The molecule has 3 aliphatic rings. The summed E-state index contributed by atoms with van der Waals surface area (Å²) in [5.41, 5.74) is 0.959. The molecule has 1 aromatic carbocycles. The van der Waals surface area contributed by atoms with Gasteiger partial charge in [-0.3, -0.25) is 24.6 Å². The van der Waals surface area contributed by atoms with E-state index in [1.165, 1.54) is 18.9 Å². The second-order valence-corrected chi connectivity index (χ2v) is 10.0. The highest BCUT2D eigenvalue weighted by atomic mass is 16.6. The van der Waals surface area contributed by atoms with Crippen molar-refractivity contribution in [3.63, 3.8) is 0 Å². The third kappa shape index (κ3) is 5.87. The van der Waals surface area contributed by atoms with E-state index in [4.69, 9.17) is 0 Å². The Morgan fingerprint density at radius 1 is 0.941 bits per heavy atom. The largest absolute Gasteiger partial charge is 0.366 e. The molecule has 0 aromatic heterocycles. The Morgan fingerprint density at radius 2 is 1.65 bits per heavy atom. The van der Waals surface area contributed by atoms with Crippen LogP contribution in [0.4, 0.5) is 11.4 Å². The van der Waals surface area contributed by atoms with Crippen molar-refractivity contribution in [1.82, 2.24) is 14.7 Å². The number of rotatable bonds is 5. The Hall–Kier alpha value is -2.68. The van der Waals surface area contributed by atoms with Crippen LogP contribution in [0.15, 0.2) is 18.2 Å². The average molecular weight is 472 g/mol. The third-order valence-corrected chi connectivity index (χ3v) is 7.39. The minimum absolute atomic E-state index is 0.00151. The van der Waals surface area contributed by atoms with Gasteiger partial charge in [0.1, 0.15) is 5.69 Å². The number of likely N-dealkylation sites (tertiary alicyclic amines) is 1. The maximum Gasteiger partial charge on any atom is 0.293 e. The molecule has 2 amide bonds. The molecule has 4 rings (SSSR count). The molecule has 0 radical (unpaired) electrons. The van der Waals surface area contributed by atoms with Crippen molar-refractivity contribution in [1.29, 1.82) is 0 Å². The summed E-state index contributed by atoms with van der Waals surface area (Å²) in [6.07, 6.45) is 6.70. The van der Waals surface area contributed by atoms with Crippen molar-refractivity contribution < 1.29 is 14.5 Å². The van der Waals surface area contributed by atoms with E-state index in [0.29, 0.717) is 49.9 Å². The highest BCUT2D eigenvalue weighted by molar-refractivity contribution is 5.96. The number of hydrogen-bond acceptors (Lipinski definition) is 6. The average Bonchev–Trinajstić information content (AvgIpc) is 3.13. The van der Waals surface area contributed by atoms with Crippen LogP contribution in [-0.2, 0) is 4.79 Å². The van der Waals surface area contributed by atoms with Gasteiger partial charge in [-0.25, -0.2) is 0 Å². The number of piperidine rings is 1. The van der Waals surface area contributed by atoms with Crippen LogP contribution in [0.1, 0.15) is 55.8 Å². The van der Waals surface area contributed by atoms with Gasteiger partial charge in [-0.2, -0.15) is 0 Å². The van der Waals surface area contributed by atoms with E-state index in [-0.39, 0.29) is 22.4 Å². The van der Waals surface area contributed by atoms with Gasteiger partial charge in [0.05, 0.1) is 11.5 Å². The quantitative estimate of drug-likeness (QED) is 0.484. The maximum absolute atomic E-state index is 13.1. The van der Waals surface area contributed by atoms with E-state index >= 15 is 0 Å². The van der Waals surface area contributed by atoms with Gasteiger partial charge in [0.15, 0.2) is 0 Å². The zero-order valence-corrected chi connectivity index (χ0v) is 20.3. The van der Waals surface area contributed by atoms with E-state index < -0.39 is 0 Å². The Morgan fingerprint density at radius 3 is 2.29 bits per heavy atom. The van der Waals surface area contributed by atoms with E-state index in [2.05, 4.69) is 16.7 Å². The smallest absolute Gasteiger partial charge is 0.293 e. The molecular formula is C25H37N5O4. The monoisotopic (exact) mass is 471 g/mol. The standard InChI is InChI=1S/C25H37N5O4/c1-20-7-6-12-29(18-20)22-9-8-21(17-23(22)30(33)34)25(32)28-15-13-26(14-16-28)19-24(31)27-10-4-2-3-5-11-27/h8-9,17,20H,2-7,10-16,18-19H2,1H3. The van der Waals surface area contributed by atoms with E-state index in [1.807, 2.05) is 4.90 Å². The molecule has 3 fully saturated rings. The first-order chi connectivity index (χ1) is 16.4. The van der Waals surface area contributed by atoms with Crippen LogP contribution in [0, 0.1) is 16.0 Å². The van der Waals surface area contributed by atoms with Crippen molar-refractivity contribution in [3.05, 3.63) is 33.9 Å². The lowest BCUT2D eigenvalue weighted by molar-refractivity contribution is -0.384. The topological polar surface area (TPSA) is 90.2 Å². The molecule has 186 valence electrons. The summed E-state index contributed by atoms with van der Waals surface area (Å²) in [7, 11) is 0. The van der Waals surface area contributed by atoms with Crippen molar-refractivity contribution in [2.75, 3.05) is 63.8 Å². The van der Waals surface area contributed by atoms with Crippen molar-refractivity contribution in [2.24, 2.45) is 5.92 Å². The summed E-state index contributed by atoms with van der Waals surface area (Å²) in [6, 6.07) is 4.89. The lowest BCUT2D eigenvalue weighted by Crippen LogP contribution is -2.51. The van der Waals surface area contributed by atoms with E-state index in [0.717, 1.165) is 51.9 Å². The molecule has 9 nitrogen and oxygen atoms in total. The van der Waals surface area contributed by atoms with Gasteiger partial charge in [-0.15, -0.1) is 0 Å². The number of benzene rings is 1. The molecule has 0 aliphatic carbocycles. The van der Waals surface area contributed by atoms with Crippen LogP contribution in [0.5, 0.6) is 0 Å². The molecule has 1 unspecified atom stereocenters.